The lowest BCUT2D eigenvalue weighted by atomic mass is 9.93. The first-order valence-corrected chi connectivity index (χ1v) is 35.5. The van der Waals surface area contributed by atoms with Gasteiger partial charge in [0.25, 0.3) is 0 Å². The second kappa shape index (κ2) is 25.4. The summed E-state index contributed by atoms with van der Waals surface area (Å²) >= 11 is 0. The minimum absolute atomic E-state index is 0.542. The largest absolute Gasteiger partial charge is 0.309 e. The standard InChI is InChI=1S/C97H62N8/c1-7-23-63(24-8-1)71-43-51-88-80(57-71)81-58-72(64-25-9-2-10-26-64)44-52-89(81)103(88)75-47-39-67(40-48-75)86-61-84(77-35-19-20-37-79(77)97-101-95(69-31-15-5-16-32-69)100-96(102-97)70-33-17-6-18-34-70)94(105-87-38-22-21-36-78(87)85-62-98-56-55-92(85)105)93(99-86)68-41-49-76(50-42-68)104-90-53-45-73(65-27-11-3-12-28-65)59-82(90)83-60-74(46-54-91(83)104)66-29-13-4-14-30-66/h1-62H. The van der Waals surface area contributed by atoms with E-state index in [2.05, 4.69) is 341 Å². The third-order valence-electron chi connectivity index (χ3n) is 20.6. The van der Waals surface area contributed by atoms with Gasteiger partial charge in [0.15, 0.2) is 17.5 Å². The number of nitrogens with zero attached hydrogens (tertiary/aromatic N) is 8. The number of aromatic nitrogens is 8. The zero-order valence-corrected chi connectivity index (χ0v) is 56.9. The van der Waals surface area contributed by atoms with E-state index in [-0.39, 0.29) is 0 Å². The van der Waals surface area contributed by atoms with Gasteiger partial charge in [0.1, 0.15) is 0 Å². The number of hydrogen-bond acceptors (Lipinski definition) is 5. The van der Waals surface area contributed by atoms with Crippen LogP contribution in [0.25, 0.3) is 195 Å². The van der Waals surface area contributed by atoms with Crippen molar-refractivity contribution in [3.63, 3.8) is 0 Å². The Kier molecular flexibility index (Phi) is 14.7. The first-order valence-electron chi connectivity index (χ1n) is 35.5. The van der Waals surface area contributed by atoms with Crippen molar-refractivity contribution in [2.75, 3.05) is 0 Å². The summed E-state index contributed by atoms with van der Waals surface area (Å²) in [5, 5.41) is 6.83. The average molecular weight is 1340 g/mol. The molecule has 6 heterocycles. The molecule has 8 nitrogen and oxygen atoms in total. The molecule has 490 valence electrons. The van der Waals surface area contributed by atoms with Crippen LogP contribution >= 0.6 is 0 Å². The second-order valence-electron chi connectivity index (χ2n) is 26.7. The Labute approximate surface area is 606 Å². The van der Waals surface area contributed by atoms with E-state index in [9.17, 15) is 0 Å². The third kappa shape index (κ3) is 10.7. The highest BCUT2D eigenvalue weighted by Crippen LogP contribution is 2.47. The fourth-order valence-corrected chi connectivity index (χ4v) is 15.6. The molecule has 6 aromatic heterocycles. The second-order valence-corrected chi connectivity index (χ2v) is 26.7. The smallest absolute Gasteiger partial charge is 0.164 e. The van der Waals surface area contributed by atoms with Crippen molar-refractivity contribution in [1.82, 2.24) is 38.6 Å². The van der Waals surface area contributed by atoms with Gasteiger partial charge in [-0.25, -0.2) is 19.9 Å². The molecule has 0 saturated carbocycles. The van der Waals surface area contributed by atoms with Gasteiger partial charge in [0, 0.05) is 89.5 Å². The molecule has 0 spiro atoms. The van der Waals surface area contributed by atoms with Gasteiger partial charge in [0.05, 0.1) is 50.2 Å². The Bertz CT molecular complexity index is 6400. The Morgan fingerprint density at radius 3 is 1.00 bits per heavy atom. The quantitative estimate of drug-likeness (QED) is 0.115. The molecule has 0 amide bonds. The molecule has 0 unspecified atom stereocenters. The Morgan fingerprint density at radius 1 is 0.200 bits per heavy atom. The summed E-state index contributed by atoms with van der Waals surface area (Å²) < 4.78 is 7.22. The summed E-state index contributed by atoms with van der Waals surface area (Å²) in [7, 11) is 0. The Hall–Kier alpha value is -14.2. The van der Waals surface area contributed by atoms with Gasteiger partial charge in [-0.2, -0.15) is 0 Å². The molecule has 0 fully saturated rings. The Balaban J connectivity index is 0.825. The number of rotatable bonds is 13. The number of benzene rings is 14. The number of pyridine rings is 2. The van der Waals surface area contributed by atoms with Crippen LogP contribution in [-0.2, 0) is 0 Å². The first-order chi connectivity index (χ1) is 52.1. The van der Waals surface area contributed by atoms with Crippen LogP contribution in [0.2, 0.25) is 0 Å². The monoisotopic (exact) mass is 1340 g/mol. The maximum absolute atomic E-state index is 6.03. The molecular weight excluding hydrogens is 1280 g/mol. The molecule has 14 aromatic carbocycles. The van der Waals surface area contributed by atoms with Crippen LogP contribution in [0, 0.1) is 0 Å². The molecule has 0 aliphatic rings. The van der Waals surface area contributed by atoms with E-state index in [4.69, 9.17) is 24.9 Å². The first kappa shape index (κ1) is 60.7. The van der Waals surface area contributed by atoms with Crippen LogP contribution in [0.15, 0.2) is 376 Å². The molecule has 0 atom stereocenters. The van der Waals surface area contributed by atoms with Crippen LogP contribution in [0.1, 0.15) is 0 Å². The van der Waals surface area contributed by atoms with Gasteiger partial charge < -0.3 is 13.7 Å². The molecule has 20 aromatic rings. The fourth-order valence-electron chi connectivity index (χ4n) is 15.6. The van der Waals surface area contributed by atoms with E-state index in [0.29, 0.717) is 17.5 Å². The van der Waals surface area contributed by atoms with Crippen LogP contribution in [0.3, 0.4) is 0 Å². The molecular formula is C97H62N8. The van der Waals surface area contributed by atoms with E-state index >= 15 is 0 Å². The lowest BCUT2D eigenvalue weighted by molar-refractivity contribution is 1.07. The van der Waals surface area contributed by atoms with E-state index in [1.165, 1.54) is 66.1 Å². The van der Waals surface area contributed by atoms with Gasteiger partial charge in [0.2, 0.25) is 0 Å². The van der Waals surface area contributed by atoms with E-state index in [1.807, 2.05) is 48.8 Å². The van der Waals surface area contributed by atoms with Crippen molar-refractivity contribution >= 4 is 65.4 Å². The molecule has 0 N–H and O–H groups in total. The molecule has 8 heteroatoms. The predicted octanol–water partition coefficient (Wildman–Crippen LogP) is 24.6. The number of hydrogen-bond donors (Lipinski definition) is 0. The summed E-state index contributed by atoms with van der Waals surface area (Å²) in [6, 6.07) is 130. The van der Waals surface area contributed by atoms with Crippen LogP contribution in [0.4, 0.5) is 0 Å². The fraction of sp³-hybridized carbons (Fsp3) is 0. The third-order valence-corrected chi connectivity index (χ3v) is 20.6. The predicted molar refractivity (Wildman–Crippen MR) is 433 cm³/mol. The van der Waals surface area contributed by atoms with Crippen molar-refractivity contribution < 1.29 is 0 Å². The number of fused-ring (bicyclic) bond motifs is 9. The van der Waals surface area contributed by atoms with Crippen molar-refractivity contribution in [3.8, 4) is 129 Å². The highest BCUT2D eigenvalue weighted by Gasteiger charge is 2.27. The van der Waals surface area contributed by atoms with Crippen LogP contribution in [0.5, 0.6) is 0 Å². The normalized spacial score (nSPS) is 11.6. The summed E-state index contributed by atoms with van der Waals surface area (Å²) in [5.41, 5.74) is 26.7. The molecule has 105 heavy (non-hydrogen) atoms. The summed E-state index contributed by atoms with van der Waals surface area (Å²) in [6.07, 6.45) is 3.88. The molecule has 0 bridgehead atoms. The maximum Gasteiger partial charge on any atom is 0.164 e. The highest BCUT2D eigenvalue weighted by molar-refractivity contribution is 6.14. The van der Waals surface area contributed by atoms with Gasteiger partial charge in [-0.1, -0.05) is 273 Å². The van der Waals surface area contributed by atoms with Crippen molar-refractivity contribution in [2.24, 2.45) is 0 Å². The molecule has 0 saturated heterocycles. The maximum atomic E-state index is 6.03. The minimum Gasteiger partial charge on any atom is -0.309 e. The minimum atomic E-state index is 0.542. The zero-order chi connectivity index (χ0) is 69.3. The van der Waals surface area contributed by atoms with E-state index in [1.54, 1.807) is 0 Å². The Morgan fingerprint density at radius 2 is 0.552 bits per heavy atom. The zero-order valence-electron chi connectivity index (χ0n) is 56.9. The molecule has 20 rings (SSSR count). The highest BCUT2D eigenvalue weighted by atomic mass is 15.0. The summed E-state index contributed by atoms with van der Waals surface area (Å²) in [5.74, 6) is 1.70. The van der Waals surface area contributed by atoms with E-state index in [0.717, 1.165) is 111 Å². The van der Waals surface area contributed by atoms with E-state index < -0.39 is 0 Å². The topological polar surface area (TPSA) is 79.2 Å². The van der Waals surface area contributed by atoms with Crippen molar-refractivity contribution in [3.05, 3.63) is 376 Å². The van der Waals surface area contributed by atoms with Gasteiger partial charge in [-0.05, 0) is 141 Å². The molecule has 0 aliphatic heterocycles. The van der Waals surface area contributed by atoms with Gasteiger partial charge in [-0.15, -0.1) is 0 Å². The summed E-state index contributed by atoms with van der Waals surface area (Å²) in [4.78, 5) is 26.8. The van der Waals surface area contributed by atoms with Gasteiger partial charge in [-0.3, -0.25) is 4.98 Å². The average Bonchev–Trinajstić information content (AvgIpc) is 1.62. The number of para-hydroxylation sites is 1. The van der Waals surface area contributed by atoms with Crippen molar-refractivity contribution in [1.29, 1.82) is 0 Å². The lowest BCUT2D eigenvalue weighted by Gasteiger charge is -2.22. The molecule has 0 aliphatic carbocycles. The van der Waals surface area contributed by atoms with Gasteiger partial charge >= 0.3 is 0 Å². The summed E-state index contributed by atoms with van der Waals surface area (Å²) in [6.45, 7) is 0. The molecule has 0 radical (unpaired) electrons. The van der Waals surface area contributed by atoms with Crippen LogP contribution < -0.4 is 0 Å². The lowest BCUT2D eigenvalue weighted by Crippen LogP contribution is -2.06. The van der Waals surface area contributed by atoms with Crippen molar-refractivity contribution in [2.45, 2.75) is 0 Å². The SMILES string of the molecule is c1ccc(-c2ccc3c(c2)c2cc(-c4ccccc4)ccc2n3-c2ccc(-c3cc(-c4ccccc4-c4nc(-c5ccccc5)nc(-c5ccccc5)n4)c(-n4c5ccccc5c5cnccc54)c(-c4ccc(-n5c6ccc(-c7ccccc7)cc6c6cc(-c7ccccc7)ccc65)cc4)n3)cc2)cc1. The van der Waals surface area contributed by atoms with Crippen LogP contribution in [-0.4, -0.2) is 38.6 Å².